The summed E-state index contributed by atoms with van der Waals surface area (Å²) in [6.45, 7) is 2.20. The lowest BCUT2D eigenvalue weighted by molar-refractivity contribution is -0.140. The number of benzene rings is 1. The van der Waals surface area contributed by atoms with E-state index in [0.717, 1.165) is 5.56 Å². The second-order valence-electron chi connectivity index (χ2n) is 4.94. The highest BCUT2D eigenvalue weighted by Crippen LogP contribution is 2.22. The zero-order chi connectivity index (χ0) is 14.4. The summed E-state index contributed by atoms with van der Waals surface area (Å²) in [7, 11) is 1.61. The minimum absolute atomic E-state index is 0.0220. The molecule has 1 amide bonds. The van der Waals surface area contributed by atoms with Crippen molar-refractivity contribution in [3.8, 4) is 0 Å². The Kier molecular flexibility index (Phi) is 5.52. The van der Waals surface area contributed by atoms with E-state index in [2.05, 4.69) is 0 Å². The van der Waals surface area contributed by atoms with Gasteiger partial charge in [-0.25, -0.2) is 0 Å². The molecule has 0 aliphatic carbocycles. The minimum atomic E-state index is -0.496. The number of hydrogen-bond donors (Lipinski definition) is 1. The van der Waals surface area contributed by atoms with Crippen molar-refractivity contribution >= 4 is 5.91 Å². The number of methoxy groups -OCH3 is 1. The monoisotopic (exact) mass is 278 g/mol. The van der Waals surface area contributed by atoms with Gasteiger partial charge < -0.3 is 20.1 Å². The predicted octanol–water partition coefficient (Wildman–Crippen LogP) is 0.950. The average Bonchev–Trinajstić information content (AvgIpc) is 2.53. The number of morpholine rings is 1. The third kappa shape index (κ3) is 3.79. The maximum absolute atomic E-state index is 12.3. The second kappa shape index (κ2) is 7.38. The molecule has 1 aromatic rings. The Morgan fingerprint density at radius 3 is 2.95 bits per heavy atom. The fraction of sp³-hybridized carbons (Fsp3) is 0.533. The molecule has 1 aromatic carbocycles. The van der Waals surface area contributed by atoms with Gasteiger partial charge in [0.05, 0.1) is 19.2 Å². The van der Waals surface area contributed by atoms with Crippen molar-refractivity contribution in [1.82, 2.24) is 4.90 Å². The number of carbonyl (C=O) groups excluding carboxylic acids is 1. The molecule has 0 radical (unpaired) electrons. The first kappa shape index (κ1) is 15.0. The molecule has 0 saturated carbocycles. The van der Waals surface area contributed by atoms with Gasteiger partial charge in [-0.1, -0.05) is 30.3 Å². The molecule has 5 heteroatoms. The van der Waals surface area contributed by atoms with Crippen molar-refractivity contribution in [2.75, 3.05) is 33.4 Å². The lowest BCUT2D eigenvalue weighted by Crippen LogP contribution is -2.49. The van der Waals surface area contributed by atoms with E-state index < -0.39 is 6.04 Å². The van der Waals surface area contributed by atoms with Crippen LogP contribution >= 0.6 is 0 Å². The molecule has 0 aromatic heterocycles. The minimum Gasteiger partial charge on any atom is -0.385 e. The summed E-state index contributed by atoms with van der Waals surface area (Å²) >= 11 is 0. The number of ether oxygens (including phenoxy) is 2. The molecule has 110 valence electrons. The van der Waals surface area contributed by atoms with E-state index in [4.69, 9.17) is 15.2 Å². The van der Waals surface area contributed by atoms with Crippen molar-refractivity contribution in [2.24, 2.45) is 5.73 Å². The van der Waals surface area contributed by atoms with Gasteiger partial charge in [-0.15, -0.1) is 0 Å². The Balaban J connectivity index is 1.95. The van der Waals surface area contributed by atoms with Crippen molar-refractivity contribution in [3.63, 3.8) is 0 Å². The van der Waals surface area contributed by atoms with Gasteiger partial charge in [0.2, 0.25) is 5.91 Å². The summed E-state index contributed by atoms with van der Waals surface area (Å²) in [5, 5.41) is 0. The number of amides is 1. The number of nitrogens with two attached hydrogens (primary N) is 1. The Morgan fingerprint density at radius 2 is 2.25 bits per heavy atom. The van der Waals surface area contributed by atoms with Crippen molar-refractivity contribution in [1.29, 1.82) is 0 Å². The van der Waals surface area contributed by atoms with E-state index in [0.29, 0.717) is 32.7 Å². The highest BCUT2D eigenvalue weighted by Gasteiger charge is 2.28. The Hall–Kier alpha value is -1.43. The fourth-order valence-electron chi connectivity index (χ4n) is 2.32. The van der Waals surface area contributed by atoms with Crippen LogP contribution in [0.25, 0.3) is 0 Å². The second-order valence-corrected chi connectivity index (χ2v) is 4.94. The highest BCUT2D eigenvalue weighted by atomic mass is 16.5. The molecule has 1 heterocycles. The fourth-order valence-corrected chi connectivity index (χ4v) is 2.32. The molecule has 0 spiro atoms. The quantitative estimate of drug-likeness (QED) is 0.871. The molecular weight excluding hydrogens is 256 g/mol. The molecule has 2 atom stereocenters. The van der Waals surface area contributed by atoms with Crippen LogP contribution in [-0.2, 0) is 14.3 Å². The van der Waals surface area contributed by atoms with Gasteiger partial charge in [-0.05, 0) is 12.0 Å². The van der Waals surface area contributed by atoms with E-state index in [9.17, 15) is 4.79 Å². The summed E-state index contributed by atoms with van der Waals surface area (Å²) in [6.07, 6.45) is 0.478. The molecule has 1 saturated heterocycles. The van der Waals surface area contributed by atoms with Crippen LogP contribution in [0, 0.1) is 0 Å². The van der Waals surface area contributed by atoms with E-state index in [1.54, 1.807) is 12.0 Å². The molecule has 20 heavy (non-hydrogen) atoms. The molecular formula is C15H22N2O3. The summed E-state index contributed by atoms with van der Waals surface area (Å²) in [6, 6.07) is 9.46. The number of rotatable bonds is 5. The lowest BCUT2D eigenvalue weighted by Gasteiger charge is -2.34. The molecule has 1 aliphatic heterocycles. The van der Waals surface area contributed by atoms with E-state index >= 15 is 0 Å². The van der Waals surface area contributed by atoms with Crippen molar-refractivity contribution in [2.45, 2.75) is 18.6 Å². The van der Waals surface area contributed by atoms with Crippen LogP contribution in [0.3, 0.4) is 0 Å². The van der Waals surface area contributed by atoms with Gasteiger partial charge in [-0.2, -0.15) is 0 Å². The van der Waals surface area contributed by atoms with Gasteiger partial charge >= 0.3 is 0 Å². The number of carbonyl (C=O) groups is 1. The Labute approximate surface area is 119 Å². The first-order chi connectivity index (χ1) is 9.72. The third-order valence-corrected chi connectivity index (χ3v) is 3.50. The molecule has 1 aliphatic rings. The van der Waals surface area contributed by atoms with E-state index in [1.807, 2.05) is 30.3 Å². The summed E-state index contributed by atoms with van der Waals surface area (Å²) in [5.41, 5.74) is 7.00. The highest BCUT2D eigenvalue weighted by molar-refractivity contribution is 5.81. The van der Waals surface area contributed by atoms with Gasteiger partial charge in [-0.3, -0.25) is 4.79 Å². The van der Waals surface area contributed by atoms with Crippen LogP contribution in [0.2, 0.25) is 0 Å². The van der Waals surface area contributed by atoms with E-state index in [1.165, 1.54) is 0 Å². The topological polar surface area (TPSA) is 64.8 Å². The zero-order valence-corrected chi connectivity index (χ0v) is 11.8. The van der Waals surface area contributed by atoms with Crippen LogP contribution in [0.4, 0.5) is 0 Å². The number of nitrogens with zero attached hydrogens (tertiary/aromatic N) is 1. The molecule has 5 nitrogen and oxygen atoms in total. The number of hydrogen-bond acceptors (Lipinski definition) is 4. The van der Waals surface area contributed by atoms with Crippen LogP contribution in [0.1, 0.15) is 18.1 Å². The lowest BCUT2D eigenvalue weighted by atomic mass is 10.1. The normalized spacial score (nSPS) is 20.7. The maximum atomic E-state index is 12.3. The summed E-state index contributed by atoms with van der Waals surface area (Å²) < 4.78 is 10.7. The van der Waals surface area contributed by atoms with Gasteiger partial charge in [0.25, 0.3) is 0 Å². The van der Waals surface area contributed by atoms with Gasteiger partial charge in [0, 0.05) is 20.3 Å². The SMILES string of the molecule is COCCC(N)C(=O)N1CCOC(c2ccccc2)C1. The van der Waals surface area contributed by atoms with Crippen LogP contribution in [-0.4, -0.2) is 50.3 Å². The first-order valence-corrected chi connectivity index (χ1v) is 6.92. The Bertz CT molecular complexity index is 424. The third-order valence-electron chi connectivity index (χ3n) is 3.50. The standard InChI is InChI=1S/C15H22N2O3/c1-19-9-7-13(16)15(18)17-8-10-20-14(11-17)12-5-3-2-4-6-12/h2-6,13-14H,7-11,16H2,1H3. The molecule has 1 fully saturated rings. The summed E-state index contributed by atoms with van der Waals surface area (Å²) in [5.74, 6) is -0.0220. The summed E-state index contributed by atoms with van der Waals surface area (Å²) in [4.78, 5) is 14.1. The zero-order valence-electron chi connectivity index (χ0n) is 11.8. The molecule has 2 unspecified atom stereocenters. The van der Waals surface area contributed by atoms with Crippen molar-refractivity contribution < 1.29 is 14.3 Å². The molecule has 0 bridgehead atoms. The molecule has 2 rings (SSSR count). The van der Waals surface area contributed by atoms with Crippen LogP contribution < -0.4 is 5.73 Å². The van der Waals surface area contributed by atoms with E-state index in [-0.39, 0.29) is 12.0 Å². The van der Waals surface area contributed by atoms with Crippen LogP contribution in [0.15, 0.2) is 30.3 Å². The predicted molar refractivity (Wildman–Crippen MR) is 76.2 cm³/mol. The maximum Gasteiger partial charge on any atom is 0.239 e. The Morgan fingerprint density at radius 1 is 1.50 bits per heavy atom. The van der Waals surface area contributed by atoms with Crippen molar-refractivity contribution in [3.05, 3.63) is 35.9 Å². The smallest absolute Gasteiger partial charge is 0.239 e. The first-order valence-electron chi connectivity index (χ1n) is 6.92. The van der Waals surface area contributed by atoms with Crippen LogP contribution in [0.5, 0.6) is 0 Å². The van der Waals surface area contributed by atoms with Gasteiger partial charge in [0.1, 0.15) is 6.10 Å². The molecule has 2 N–H and O–H groups in total. The largest absolute Gasteiger partial charge is 0.385 e. The van der Waals surface area contributed by atoms with Gasteiger partial charge in [0.15, 0.2) is 0 Å². The average molecular weight is 278 g/mol.